The maximum Gasteiger partial charge on any atom is 0.0951 e. The van der Waals surface area contributed by atoms with Gasteiger partial charge in [-0.1, -0.05) is 33.1 Å². The molecule has 92 valence electrons. The van der Waals surface area contributed by atoms with Crippen molar-refractivity contribution >= 4 is 0 Å². The van der Waals surface area contributed by atoms with Crippen molar-refractivity contribution < 1.29 is 0 Å². The van der Waals surface area contributed by atoms with Gasteiger partial charge in [-0.05, 0) is 19.8 Å². The minimum Gasteiger partial charge on any atom is -0.330 e. The maximum absolute atomic E-state index is 5.96. The van der Waals surface area contributed by atoms with Crippen LogP contribution in [0.15, 0.2) is 12.5 Å². The minimum atomic E-state index is 0.0727. The molecule has 0 saturated heterocycles. The van der Waals surface area contributed by atoms with E-state index in [2.05, 4.69) is 23.4 Å². The first-order chi connectivity index (χ1) is 7.70. The molecule has 0 aliphatic rings. The average molecular weight is 223 g/mol. The zero-order chi connectivity index (χ0) is 12.0. The highest BCUT2D eigenvalue weighted by Gasteiger charge is 2.14. The van der Waals surface area contributed by atoms with Crippen LogP contribution in [0.25, 0.3) is 0 Å². The van der Waals surface area contributed by atoms with Gasteiger partial charge in [0.1, 0.15) is 0 Å². The lowest BCUT2D eigenvalue weighted by atomic mass is 10.0. The molecule has 0 fully saturated rings. The van der Waals surface area contributed by atoms with E-state index >= 15 is 0 Å². The predicted octanol–water partition coefficient (Wildman–Crippen LogP) is 3.43. The summed E-state index contributed by atoms with van der Waals surface area (Å²) in [6.45, 7) is 6.50. The summed E-state index contributed by atoms with van der Waals surface area (Å²) in [5.41, 5.74) is 7.12. The number of hydrogen-bond donors (Lipinski definition) is 1. The lowest BCUT2D eigenvalue weighted by Gasteiger charge is -2.21. The molecule has 1 rings (SSSR count). The molecule has 16 heavy (non-hydrogen) atoms. The highest BCUT2D eigenvalue weighted by atomic mass is 15.1. The number of rotatable bonds is 7. The standard InChI is InChI=1S/C13H25N3/c1-4-6-8-12(7-5-2)16-10-15-9-13(16)11(3)14/h9-12H,4-8,14H2,1-3H3/t11-,12?/m1/s1. The van der Waals surface area contributed by atoms with Gasteiger partial charge in [0.05, 0.1) is 12.0 Å². The van der Waals surface area contributed by atoms with Gasteiger partial charge < -0.3 is 10.3 Å². The van der Waals surface area contributed by atoms with Crippen molar-refractivity contribution in [2.45, 2.75) is 65.0 Å². The van der Waals surface area contributed by atoms with Crippen molar-refractivity contribution in [1.29, 1.82) is 0 Å². The second-order valence-corrected chi connectivity index (χ2v) is 4.60. The molecular weight excluding hydrogens is 198 g/mol. The van der Waals surface area contributed by atoms with Crippen LogP contribution in [-0.4, -0.2) is 9.55 Å². The van der Waals surface area contributed by atoms with Gasteiger partial charge in [-0.25, -0.2) is 4.98 Å². The number of nitrogens with zero attached hydrogens (tertiary/aromatic N) is 2. The smallest absolute Gasteiger partial charge is 0.0951 e. The van der Waals surface area contributed by atoms with Crippen molar-refractivity contribution in [3.05, 3.63) is 18.2 Å². The Hall–Kier alpha value is -0.830. The van der Waals surface area contributed by atoms with Gasteiger partial charge in [0.2, 0.25) is 0 Å². The lowest BCUT2D eigenvalue weighted by Crippen LogP contribution is -2.16. The molecule has 3 heteroatoms. The molecule has 1 unspecified atom stereocenters. The fourth-order valence-electron chi connectivity index (χ4n) is 2.17. The molecule has 1 aromatic heterocycles. The number of hydrogen-bond acceptors (Lipinski definition) is 2. The molecule has 2 atom stereocenters. The van der Waals surface area contributed by atoms with Crippen LogP contribution in [0.5, 0.6) is 0 Å². The number of unbranched alkanes of at least 4 members (excludes halogenated alkanes) is 1. The first-order valence-electron chi connectivity index (χ1n) is 6.48. The summed E-state index contributed by atoms with van der Waals surface area (Å²) in [5.74, 6) is 0. The molecule has 0 saturated carbocycles. The van der Waals surface area contributed by atoms with E-state index in [0.717, 1.165) is 5.69 Å². The van der Waals surface area contributed by atoms with Crippen LogP contribution in [0.1, 0.15) is 70.7 Å². The summed E-state index contributed by atoms with van der Waals surface area (Å²) in [6.07, 6.45) is 10.0. The zero-order valence-electron chi connectivity index (χ0n) is 10.8. The van der Waals surface area contributed by atoms with Crippen LogP contribution < -0.4 is 5.73 Å². The molecular formula is C13H25N3. The monoisotopic (exact) mass is 223 g/mol. The first-order valence-corrected chi connectivity index (χ1v) is 6.48. The molecule has 1 aromatic rings. The summed E-state index contributed by atoms with van der Waals surface area (Å²) in [6, 6.07) is 0.650. The van der Waals surface area contributed by atoms with E-state index < -0.39 is 0 Å². The second kappa shape index (κ2) is 6.69. The molecule has 0 aromatic carbocycles. The van der Waals surface area contributed by atoms with E-state index in [-0.39, 0.29) is 6.04 Å². The normalized spacial score (nSPS) is 15.0. The van der Waals surface area contributed by atoms with Crippen LogP contribution in [0.3, 0.4) is 0 Å². The van der Waals surface area contributed by atoms with Crippen molar-refractivity contribution in [2.75, 3.05) is 0 Å². The fraction of sp³-hybridized carbons (Fsp3) is 0.769. The molecule has 0 radical (unpaired) electrons. The van der Waals surface area contributed by atoms with E-state index in [0.29, 0.717) is 6.04 Å². The van der Waals surface area contributed by atoms with E-state index in [1.807, 2.05) is 19.4 Å². The number of aromatic nitrogens is 2. The van der Waals surface area contributed by atoms with E-state index in [1.165, 1.54) is 32.1 Å². The van der Waals surface area contributed by atoms with Crippen LogP contribution in [-0.2, 0) is 0 Å². The highest BCUT2D eigenvalue weighted by molar-refractivity contribution is 5.04. The van der Waals surface area contributed by atoms with Crippen LogP contribution >= 0.6 is 0 Å². The number of imidazole rings is 1. The lowest BCUT2D eigenvalue weighted by molar-refractivity contribution is 0.401. The average Bonchev–Trinajstić information content (AvgIpc) is 2.73. The van der Waals surface area contributed by atoms with Gasteiger partial charge in [0.15, 0.2) is 0 Å². The summed E-state index contributed by atoms with van der Waals surface area (Å²) in [7, 11) is 0. The van der Waals surface area contributed by atoms with E-state index in [9.17, 15) is 0 Å². The number of nitrogens with two attached hydrogens (primary N) is 1. The Bertz CT molecular complexity index is 291. The third-order valence-electron chi connectivity index (χ3n) is 3.07. The highest BCUT2D eigenvalue weighted by Crippen LogP contribution is 2.24. The molecule has 0 aliphatic heterocycles. The summed E-state index contributed by atoms with van der Waals surface area (Å²) >= 11 is 0. The van der Waals surface area contributed by atoms with Gasteiger partial charge >= 0.3 is 0 Å². The van der Waals surface area contributed by atoms with Gasteiger partial charge in [-0.15, -0.1) is 0 Å². The van der Waals surface area contributed by atoms with E-state index in [1.54, 1.807) is 0 Å². The molecule has 1 heterocycles. The molecule has 0 aliphatic carbocycles. The second-order valence-electron chi connectivity index (χ2n) is 4.60. The predicted molar refractivity (Wildman–Crippen MR) is 68.3 cm³/mol. The summed E-state index contributed by atoms with van der Waals surface area (Å²) in [4.78, 5) is 4.24. The molecule has 0 bridgehead atoms. The molecule has 0 amide bonds. The van der Waals surface area contributed by atoms with Gasteiger partial charge in [-0.3, -0.25) is 0 Å². The van der Waals surface area contributed by atoms with Gasteiger partial charge in [0.25, 0.3) is 0 Å². The van der Waals surface area contributed by atoms with Crippen molar-refractivity contribution in [3.63, 3.8) is 0 Å². The Balaban J connectivity index is 2.78. The van der Waals surface area contributed by atoms with E-state index in [4.69, 9.17) is 5.73 Å². The Kier molecular flexibility index (Phi) is 5.53. The minimum absolute atomic E-state index is 0.0727. The third-order valence-corrected chi connectivity index (χ3v) is 3.07. The maximum atomic E-state index is 5.96. The van der Waals surface area contributed by atoms with Crippen LogP contribution in [0, 0.1) is 0 Å². The Labute approximate surface area is 99.1 Å². The molecule has 0 spiro atoms. The largest absolute Gasteiger partial charge is 0.330 e. The molecule has 2 N–H and O–H groups in total. The van der Waals surface area contributed by atoms with Gasteiger partial charge in [-0.2, -0.15) is 0 Å². The Morgan fingerprint density at radius 1 is 1.31 bits per heavy atom. The van der Waals surface area contributed by atoms with Crippen LogP contribution in [0.2, 0.25) is 0 Å². The zero-order valence-corrected chi connectivity index (χ0v) is 10.8. The van der Waals surface area contributed by atoms with Crippen molar-refractivity contribution in [3.8, 4) is 0 Å². The summed E-state index contributed by atoms with van der Waals surface area (Å²) < 4.78 is 2.28. The quantitative estimate of drug-likeness (QED) is 0.769. The van der Waals surface area contributed by atoms with Crippen molar-refractivity contribution in [2.24, 2.45) is 5.73 Å². The third kappa shape index (κ3) is 3.34. The Morgan fingerprint density at radius 2 is 2.06 bits per heavy atom. The van der Waals surface area contributed by atoms with Gasteiger partial charge in [0, 0.05) is 18.3 Å². The molecule has 3 nitrogen and oxygen atoms in total. The SMILES string of the molecule is CCCCC(CCC)n1cncc1[C@@H](C)N. The van der Waals surface area contributed by atoms with Crippen LogP contribution in [0.4, 0.5) is 0 Å². The van der Waals surface area contributed by atoms with Crippen molar-refractivity contribution in [1.82, 2.24) is 9.55 Å². The topological polar surface area (TPSA) is 43.8 Å². The summed E-state index contributed by atoms with van der Waals surface area (Å²) in [5, 5.41) is 0. The fourth-order valence-corrected chi connectivity index (χ4v) is 2.17. The Morgan fingerprint density at radius 3 is 2.62 bits per heavy atom. The first kappa shape index (κ1) is 13.2.